The Bertz CT molecular complexity index is 1170. The molecule has 0 aliphatic carbocycles. The van der Waals surface area contributed by atoms with Gasteiger partial charge in [-0.25, -0.2) is 4.39 Å². The molecular formula is C21H16ClF4N3O3S. The van der Waals surface area contributed by atoms with E-state index in [-0.39, 0.29) is 41.7 Å². The molecule has 0 bridgehead atoms. The molecule has 0 radical (unpaired) electrons. The Labute approximate surface area is 196 Å². The summed E-state index contributed by atoms with van der Waals surface area (Å²) in [6.07, 6.45) is -4.56. The molecule has 0 aromatic heterocycles. The van der Waals surface area contributed by atoms with Gasteiger partial charge in [0.15, 0.2) is 10.7 Å². The molecule has 2 fully saturated rings. The summed E-state index contributed by atoms with van der Waals surface area (Å²) in [5, 5.41) is 1.66. The third-order valence-corrected chi connectivity index (χ3v) is 6.30. The average molecular weight is 502 g/mol. The van der Waals surface area contributed by atoms with Crippen LogP contribution in [0.15, 0.2) is 36.4 Å². The fraction of sp³-hybridized carbons (Fsp3) is 0.286. The van der Waals surface area contributed by atoms with Gasteiger partial charge in [0, 0.05) is 25.8 Å². The number of thiocarbonyl (C=S) groups is 1. The molecule has 12 heteroatoms. The summed E-state index contributed by atoms with van der Waals surface area (Å²) in [6, 6.07) is 6.75. The smallest absolute Gasteiger partial charge is 0.378 e. The molecule has 2 heterocycles. The van der Waals surface area contributed by atoms with Gasteiger partial charge in [-0.2, -0.15) is 13.2 Å². The SMILES string of the molecule is CNC(=O)c1ccc(N2C(=S)N(c3ccc(Cl)c(C(F)(F)F)c3)C(=O)[C@]23CCOC3)cc1F. The van der Waals surface area contributed by atoms with Gasteiger partial charge in [0.25, 0.3) is 11.8 Å². The van der Waals surface area contributed by atoms with E-state index in [1.807, 2.05) is 0 Å². The monoisotopic (exact) mass is 501 g/mol. The Morgan fingerprint density at radius 2 is 1.91 bits per heavy atom. The molecule has 1 spiro atoms. The number of hydrogen-bond acceptors (Lipinski definition) is 4. The largest absolute Gasteiger partial charge is 0.417 e. The highest BCUT2D eigenvalue weighted by Crippen LogP contribution is 2.43. The first kappa shape index (κ1) is 23.4. The molecule has 2 saturated heterocycles. The van der Waals surface area contributed by atoms with Crippen molar-refractivity contribution >= 4 is 52.1 Å². The Morgan fingerprint density at radius 1 is 1.21 bits per heavy atom. The van der Waals surface area contributed by atoms with Crippen molar-refractivity contribution in [2.75, 3.05) is 30.1 Å². The van der Waals surface area contributed by atoms with Crippen LogP contribution in [0.3, 0.4) is 0 Å². The number of amides is 2. The number of benzene rings is 2. The van der Waals surface area contributed by atoms with Crippen LogP contribution in [0.25, 0.3) is 0 Å². The number of carbonyl (C=O) groups is 2. The van der Waals surface area contributed by atoms with Crippen molar-refractivity contribution in [2.24, 2.45) is 0 Å². The summed E-state index contributed by atoms with van der Waals surface area (Å²) < 4.78 is 60.3. The molecular weight excluding hydrogens is 486 g/mol. The number of anilines is 2. The highest BCUT2D eigenvalue weighted by Gasteiger charge is 2.58. The minimum atomic E-state index is -4.75. The number of alkyl halides is 3. The van der Waals surface area contributed by atoms with Crippen LogP contribution in [-0.4, -0.2) is 42.7 Å². The Kier molecular flexibility index (Phi) is 5.83. The van der Waals surface area contributed by atoms with E-state index in [9.17, 15) is 27.2 Å². The van der Waals surface area contributed by atoms with E-state index in [0.29, 0.717) is 0 Å². The second-order valence-electron chi connectivity index (χ2n) is 7.50. The molecule has 0 unspecified atom stereocenters. The van der Waals surface area contributed by atoms with Crippen LogP contribution >= 0.6 is 23.8 Å². The van der Waals surface area contributed by atoms with Crippen molar-refractivity contribution in [1.82, 2.24) is 5.32 Å². The molecule has 1 N–H and O–H groups in total. The minimum absolute atomic E-state index is 0.0962. The number of hydrogen-bond donors (Lipinski definition) is 1. The normalized spacial score (nSPS) is 20.8. The third kappa shape index (κ3) is 3.73. The summed E-state index contributed by atoms with van der Waals surface area (Å²) in [7, 11) is 1.36. The predicted molar refractivity (Wildman–Crippen MR) is 117 cm³/mol. The topological polar surface area (TPSA) is 61.9 Å². The van der Waals surface area contributed by atoms with Crippen molar-refractivity contribution in [3.63, 3.8) is 0 Å². The Hall–Kier alpha value is -2.76. The Morgan fingerprint density at radius 3 is 2.48 bits per heavy atom. The maximum absolute atomic E-state index is 14.7. The summed E-state index contributed by atoms with van der Waals surface area (Å²) >= 11 is 11.2. The number of nitrogens with one attached hydrogen (secondary N) is 1. The third-order valence-electron chi connectivity index (χ3n) is 5.61. The molecule has 174 valence electrons. The van der Waals surface area contributed by atoms with Crippen LogP contribution in [0, 0.1) is 5.82 Å². The molecule has 4 rings (SSSR count). The summed E-state index contributed by atoms with van der Waals surface area (Å²) in [5.41, 5.74) is -2.66. The number of ether oxygens (including phenoxy) is 1. The van der Waals surface area contributed by atoms with Gasteiger partial charge in [-0.1, -0.05) is 11.6 Å². The van der Waals surface area contributed by atoms with E-state index in [1.165, 1.54) is 30.1 Å². The van der Waals surface area contributed by atoms with Gasteiger partial charge in [0.1, 0.15) is 5.82 Å². The lowest BCUT2D eigenvalue weighted by molar-refractivity contribution is -0.137. The van der Waals surface area contributed by atoms with Crippen molar-refractivity contribution < 1.29 is 31.9 Å². The fourth-order valence-electron chi connectivity index (χ4n) is 3.99. The van der Waals surface area contributed by atoms with Gasteiger partial charge in [-0.15, -0.1) is 0 Å². The quantitative estimate of drug-likeness (QED) is 0.506. The van der Waals surface area contributed by atoms with Gasteiger partial charge in [0.2, 0.25) is 0 Å². The van der Waals surface area contributed by atoms with Crippen LogP contribution < -0.4 is 15.1 Å². The predicted octanol–water partition coefficient (Wildman–Crippen LogP) is 4.15. The lowest BCUT2D eigenvalue weighted by Gasteiger charge is -2.31. The summed E-state index contributed by atoms with van der Waals surface area (Å²) in [5.74, 6) is -2.09. The maximum Gasteiger partial charge on any atom is 0.417 e. The van der Waals surface area contributed by atoms with Gasteiger partial charge in [0.05, 0.1) is 28.4 Å². The molecule has 1 atom stereocenters. The molecule has 6 nitrogen and oxygen atoms in total. The van der Waals surface area contributed by atoms with Gasteiger partial charge in [-0.05, 0) is 48.6 Å². The molecule has 2 amide bonds. The van der Waals surface area contributed by atoms with Crippen molar-refractivity contribution in [3.8, 4) is 0 Å². The number of rotatable bonds is 3. The minimum Gasteiger partial charge on any atom is -0.378 e. The molecule has 0 saturated carbocycles. The zero-order chi connectivity index (χ0) is 24.1. The van der Waals surface area contributed by atoms with Gasteiger partial charge < -0.3 is 15.0 Å². The molecule has 2 aliphatic rings. The van der Waals surface area contributed by atoms with Crippen molar-refractivity contribution in [3.05, 3.63) is 58.4 Å². The number of halogens is 5. The zero-order valence-electron chi connectivity index (χ0n) is 17.0. The maximum atomic E-state index is 14.7. The highest BCUT2D eigenvalue weighted by atomic mass is 35.5. The van der Waals surface area contributed by atoms with Gasteiger partial charge in [-0.3, -0.25) is 14.5 Å². The van der Waals surface area contributed by atoms with Gasteiger partial charge >= 0.3 is 6.18 Å². The lowest BCUT2D eigenvalue weighted by Crippen LogP contribution is -2.50. The van der Waals surface area contributed by atoms with E-state index in [1.54, 1.807) is 0 Å². The zero-order valence-corrected chi connectivity index (χ0v) is 18.6. The first-order valence-electron chi connectivity index (χ1n) is 9.66. The highest BCUT2D eigenvalue weighted by molar-refractivity contribution is 7.81. The molecule has 33 heavy (non-hydrogen) atoms. The van der Waals surface area contributed by atoms with Crippen LogP contribution in [0.2, 0.25) is 5.02 Å². The van der Waals surface area contributed by atoms with Crippen LogP contribution in [0.4, 0.5) is 28.9 Å². The van der Waals surface area contributed by atoms with Crippen molar-refractivity contribution in [1.29, 1.82) is 0 Å². The lowest BCUT2D eigenvalue weighted by atomic mass is 9.95. The van der Waals surface area contributed by atoms with E-state index in [4.69, 9.17) is 28.6 Å². The molecule has 2 aromatic carbocycles. The molecule has 2 aliphatic heterocycles. The molecule has 2 aromatic rings. The fourth-order valence-corrected chi connectivity index (χ4v) is 4.68. The second kappa shape index (κ2) is 8.23. The van der Waals surface area contributed by atoms with Crippen molar-refractivity contribution in [2.45, 2.75) is 18.1 Å². The van der Waals surface area contributed by atoms with Crippen LogP contribution in [0.5, 0.6) is 0 Å². The summed E-state index contributed by atoms with van der Waals surface area (Å²) in [4.78, 5) is 27.7. The number of carbonyl (C=O) groups excluding carboxylic acids is 2. The average Bonchev–Trinajstić information content (AvgIpc) is 3.31. The first-order chi connectivity index (χ1) is 15.5. The van der Waals surface area contributed by atoms with E-state index in [0.717, 1.165) is 23.1 Å². The Balaban J connectivity index is 1.82. The van der Waals surface area contributed by atoms with E-state index >= 15 is 0 Å². The first-order valence-corrected chi connectivity index (χ1v) is 10.4. The number of nitrogens with zero attached hydrogens (tertiary/aromatic N) is 2. The second-order valence-corrected chi connectivity index (χ2v) is 8.27. The van der Waals surface area contributed by atoms with E-state index < -0.39 is 39.9 Å². The van der Waals surface area contributed by atoms with Crippen LogP contribution in [0.1, 0.15) is 22.3 Å². The van der Waals surface area contributed by atoms with Crippen LogP contribution in [-0.2, 0) is 15.7 Å². The summed E-state index contributed by atoms with van der Waals surface area (Å²) in [6.45, 7) is 0.104. The van der Waals surface area contributed by atoms with E-state index in [2.05, 4.69) is 5.32 Å². The standard InChI is InChI=1S/C21H16ClF4N3O3S/c1-27-17(30)13-4-2-12(9-16(13)23)29-19(33)28(18(31)20(29)6-7-32-10-20)11-3-5-15(22)14(8-11)21(24,25)26/h2-5,8-9H,6-7,10H2,1H3,(H,27,30)/t20-/m1/s1.